The third kappa shape index (κ3) is 6.66. The van der Waals surface area contributed by atoms with Crippen LogP contribution in [0.25, 0.3) is 5.57 Å². The predicted molar refractivity (Wildman–Crippen MR) is 160 cm³/mol. The lowest BCUT2D eigenvalue weighted by Gasteiger charge is -2.18. The van der Waals surface area contributed by atoms with Crippen molar-refractivity contribution >= 4 is 28.1 Å². The van der Waals surface area contributed by atoms with Crippen molar-refractivity contribution < 1.29 is 0 Å². The Hall–Kier alpha value is -3.89. The second kappa shape index (κ2) is 12.9. The summed E-state index contributed by atoms with van der Waals surface area (Å²) in [5.74, 6) is 0.187. The molecule has 2 nitrogen and oxygen atoms in total. The van der Waals surface area contributed by atoms with Crippen molar-refractivity contribution in [3.8, 4) is 0 Å². The van der Waals surface area contributed by atoms with E-state index in [1.165, 1.54) is 33.9 Å². The van der Waals surface area contributed by atoms with Gasteiger partial charge in [0.2, 0.25) is 7.28 Å². The van der Waals surface area contributed by atoms with Gasteiger partial charge in [-0.3, -0.25) is 4.98 Å². The molecular formula is C33H32BN2Si. The van der Waals surface area contributed by atoms with Gasteiger partial charge in [-0.2, -0.15) is 0 Å². The first-order chi connectivity index (χ1) is 18.4. The average molecular weight is 496 g/mol. The third-order valence-corrected chi connectivity index (χ3v) is 8.46. The summed E-state index contributed by atoms with van der Waals surface area (Å²) in [6.45, 7) is 0. The number of imidazole rings is 1. The third-order valence-electron chi connectivity index (χ3n) is 6.75. The summed E-state index contributed by atoms with van der Waals surface area (Å²) < 4.78 is 2.35. The molecule has 0 aliphatic heterocycles. The maximum absolute atomic E-state index is 4.73. The Bertz CT molecular complexity index is 1300. The summed E-state index contributed by atoms with van der Waals surface area (Å²) in [7, 11) is 2.04. The Kier molecular flexibility index (Phi) is 8.63. The predicted octanol–water partition coefficient (Wildman–Crippen LogP) is 6.07. The molecule has 0 bridgehead atoms. The number of hydrogen-bond donors (Lipinski definition) is 0. The zero-order valence-corrected chi connectivity index (χ0v) is 22.6. The minimum atomic E-state index is -0.283. The molecule has 37 heavy (non-hydrogen) atoms. The standard InChI is InChI=1S/C33H32BN2Si/c1-5-14-27(15-6-1)31(28-16-7-2-8-17-28)22-13-25-37-26-36-24-23-35-33(36)34-32(29-18-9-3-10-19-29)30-20-11-4-12-21-30/h1-12,14-24,32H,13,25-26,37H2. The smallest absolute Gasteiger partial charge is 0.215 e. The highest BCUT2D eigenvalue weighted by atomic mass is 28.2. The van der Waals surface area contributed by atoms with Crippen LogP contribution in [0.2, 0.25) is 6.04 Å². The molecule has 0 amide bonds. The van der Waals surface area contributed by atoms with Crippen molar-refractivity contribution in [2.75, 3.05) is 0 Å². The molecule has 4 heteroatoms. The van der Waals surface area contributed by atoms with Gasteiger partial charge in [-0.1, -0.05) is 133 Å². The molecule has 5 rings (SSSR count). The van der Waals surface area contributed by atoms with Crippen LogP contribution < -0.4 is 5.72 Å². The van der Waals surface area contributed by atoms with E-state index in [2.05, 4.69) is 145 Å². The number of allylic oxidation sites excluding steroid dienone is 1. The SMILES string of the molecule is [B](c1nccn1C[SiH2]CCC=C(c1ccccc1)c1ccccc1)C(c1ccccc1)c1ccccc1. The molecule has 0 spiro atoms. The van der Waals surface area contributed by atoms with Crippen LogP contribution in [0.5, 0.6) is 0 Å². The number of aromatic nitrogens is 2. The zero-order chi connectivity index (χ0) is 25.1. The summed E-state index contributed by atoms with van der Waals surface area (Å²) in [6, 6.07) is 44.2. The molecule has 0 aliphatic carbocycles. The summed E-state index contributed by atoms with van der Waals surface area (Å²) in [6.07, 6.45) is 8.72. The van der Waals surface area contributed by atoms with Gasteiger partial charge in [-0.05, 0) is 40.1 Å². The molecular weight excluding hydrogens is 463 g/mol. The highest BCUT2D eigenvalue weighted by Gasteiger charge is 2.19. The van der Waals surface area contributed by atoms with Gasteiger partial charge < -0.3 is 4.57 Å². The van der Waals surface area contributed by atoms with Crippen LogP contribution in [0.4, 0.5) is 0 Å². The summed E-state index contributed by atoms with van der Waals surface area (Å²) in [5.41, 5.74) is 7.56. The molecule has 0 N–H and O–H groups in total. The molecule has 0 unspecified atom stereocenters. The van der Waals surface area contributed by atoms with E-state index >= 15 is 0 Å². The van der Waals surface area contributed by atoms with Crippen molar-refractivity contribution in [1.29, 1.82) is 0 Å². The van der Waals surface area contributed by atoms with Gasteiger partial charge in [0.25, 0.3) is 0 Å². The summed E-state index contributed by atoms with van der Waals surface area (Å²) in [4.78, 5) is 4.73. The van der Waals surface area contributed by atoms with Crippen LogP contribution in [0, 0.1) is 0 Å². The van der Waals surface area contributed by atoms with Crippen LogP contribution in [0.1, 0.15) is 34.5 Å². The first kappa shape index (κ1) is 24.8. The minimum absolute atomic E-state index is 0.187. The zero-order valence-electron chi connectivity index (χ0n) is 21.2. The number of rotatable bonds is 11. The Morgan fingerprint density at radius 3 is 1.78 bits per heavy atom. The Balaban J connectivity index is 1.24. The normalized spacial score (nSPS) is 11.2. The molecule has 1 heterocycles. The Morgan fingerprint density at radius 2 is 1.24 bits per heavy atom. The van der Waals surface area contributed by atoms with Crippen LogP contribution in [0.3, 0.4) is 0 Å². The van der Waals surface area contributed by atoms with E-state index in [0.29, 0.717) is 0 Å². The number of hydrogen-bond acceptors (Lipinski definition) is 1. The van der Waals surface area contributed by atoms with Crippen molar-refractivity contribution in [3.05, 3.63) is 162 Å². The molecule has 5 aromatic rings. The highest BCUT2D eigenvalue weighted by molar-refractivity contribution is 6.54. The fourth-order valence-electron chi connectivity index (χ4n) is 4.83. The van der Waals surface area contributed by atoms with Gasteiger partial charge in [0.1, 0.15) is 0 Å². The maximum Gasteiger partial charge on any atom is 0.215 e. The Labute approximate surface area is 223 Å². The van der Waals surface area contributed by atoms with E-state index in [1.54, 1.807) is 0 Å². The second-order valence-corrected chi connectivity index (χ2v) is 11.2. The van der Waals surface area contributed by atoms with Gasteiger partial charge in [0, 0.05) is 28.1 Å². The highest BCUT2D eigenvalue weighted by Crippen LogP contribution is 2.25. The molecule has 1 aromatic heterocycles. The number of benzene rings is 4. The lowest BCUT2D eigenvalue weighted by molar-refractivity contribution is 0.893. The van der Waals surface area contributed by atoms with E-state index in [0.717, 1.165) is 18.3 Å². The fourth-order valence-corrected chi connectivity index (χ4v) is 6.27. The van der Waals surface area contributed by atoms with Gasteiger partial charge in [-0.15, -0.1) is 0 Å². The first-order valence-corrected chi connectivity index (χ1v) is 15.2. The lowest BCUT2D eigenvalue weighted by atomic mass is 9.58. The van der Waals surface area contributed by atoms with Crippen molar-refractivity contribution in [2.45, 2.75) is 24.5 Å². The molecule has 0 aliphatic rings. The fraction of sp³-hybridized carbons (Fsp3) is 0.121. The van der Waals surface area contributed by atoms with Crippen LogP contribution in [0.15, 0.2) is 140 Å². The molecule has 0 fully saturated rings. The van der Waals surface area contributed by atoms with E-state index in [9.17, 15) is 0 Å². The van der Waals surface area contributed by atoms with E-state index in [-0.39, 0.29) is 15.3 Å². The van der Waals surface area contributed by atoms with Gasteiger partial charge in [0.15, 0.2) is 0 Å². The van der Waals surface area contributed by atoms with Crippen LogP contribution in [-0.4, -0.2) is 26.4 Å². The average Bonchev–Trinajstić information content (AvgIpc) is 3.42. The van der Waals surface area contributed by atoms with Crippen molar-refractivity contribution in [3.63, 3.8) is 0 Å². The maximum atomic E-state index is 4.73. The van der Waals surface area contributed by atoms with Gasteiger partial charge >= 0.3 is 0 Å². The van der Waals surface area contributed by atoms with E-state index < -0.39 is 0 Å². The molecule has 4 aromatic carbocycles. The van der Waals surface area contributed by atoms with Crippen LogP contribution in [-0.2, 0) is 6.17 Å². The van der Waals surface area contributed by atoms with Crippen LogP contribution >= 0.6 is 0 Å². The van der Waals surface area contributed by atoms with E-state index in [1.807, 2.05) is 6.20 Å². The largest absolute Gasteiger partial charge is 0.347 e. The summed E-state index contributed by atoms with van der Waals surface area (Å²) >= 11 is 0. The Morgan fingerprint density at radius 1 is 0.730 bits per heavy atom. The van der Waals surface area contributed by atoms with Crippen molar-refractivity contribution in [2.24, 2.45) is 0 Å². The second-order valence-electron chi connectivity index (χ2n) is 9.29. The lowest BCUT2D eigenvalue weighted by Crippen LogP contribution is -2.32. The van der Waals surface area contributed by atoms with Crippen molar-refractivity contribution in [1.82, 2.24) is 9.55 Å². The topological polar surface area (TPSA) is 17.8 Å². The molecule has 0 saturated heterocycles. The summed E-state index contributed by atoms with van der Waals surface area (Å²) in [5, 5.41) is 0. The minimum Gasteiger partial charge on any atom is -0.347 e. The number of nitrogens with zero attached hydrogens (tertiary/aromatic N) is 2. The quantitative estimate of drug-likeness (QED) is 0.161. The molecule has 1 radical (unpaired) electrons. The van der Waals surface area contributed by atoms with Gasteiger partial charge in [0.05, 0.1) is 5.72 Å². The molecule has 0 saturated carbocycles. The monoisotopic (exact) mass is 495 g/mol. The van der Waals surface area contributed by atoms with Gasteiger partial charge in [-0.25, -0.2) is 0 Å². The molecule has 181 valence electrons. The van der Waals surface area contributed by atoms with E-state index in [4.69, 9.17) is 4.98 Å². The molecule has 0 atom stereocenters. The first-order valence-electron chi connectivity index (χ1n) is 13.2.